The number of hydrogen-bond donors (Lipinski definition) is 2. The number of aryl methyl sites for hydroxylation is 1. The first-order valence-electron chi connectivity index (χ1n) is 9.53. The maximum atomic E-state index is 12.6. The smallest absolute Gasteiger partial charge is 0.255 e. The lowest BCUT2D eigenvalue weighted by atomic mass is 10.1. The lowest BCUT2D eigenvalue weighted by Crippen LogP contribution is -2.11. The van der Waals surface area contributed by atoms with Crippen molar-refractivity contribution in [2.45, 2.75) is 6.92 Å². The van der Waals surface area contributed by atoms with E-state index in [1.807, 2.05) is 72.8 Å². The van der Waals surface area contributed by atoms with E-state index in [9.17, 15) is 4.79 Å². The molecule has 0 aliphatic rings. The summed E-state index contributed by atoms with van der Waals surface area (Å²) >= 11 is 0. The minimum absolute atomic E-state index is 0.122. The van der Waals surface area contributed by atoms with Crippen LogP contribution in [0.5, 0.6) is 0 Å². The summed E-state index contributed by atoms with van der Waals surface area (Å²) < 4.78 is 0. The number of benzene rings is 4. The van der Waals surface area contributed by atoms with Gasteiger partial charge in [-0.05, 0) is 71.8 Å². The van der Waals surface area contributed by atoms with Gasteiger partial charge in [-0.2, -0.15) is 0 Å². The molecule has 0 aliphatic heterocycles. The number of aromatic amines is 1. The van der Waals surface area contributed by atoms with E-state index in [-0.39, 0.29) is 5.91 Å². The van der Waals surface area contributed by atoms with Gasteiger partial charge in [0.05, 0.1) is 11.0 Å². The highest BCUT2D eigenvalue weighted by Crippen LogP contribution is 2.23. The van der Waals surface area contributed by atoms with Crippen molar-refractivity contribution in [3.05, 3.63) is 96.1 Å². The van der Waals surface area contributed by atoms with Gasteiger partial charge in [-0.25, -0.2) is 4.98 Å². The maximum absolute atomic E-state index is 12.6. The van der Waals surface area contributed by atoms with Crippen LogP contribution in [-0.2, 0) is 0 Å². The Hall–Kier alpha value is -3.92. The molecule has 0 saturated heterocycles. The van der Waals surface area contributed by atoms with Crippen molar-refractivity contribution in [2.75, 3.05) is 5.32 Å². The van der Waals surface area contributed by atoms with Crippen LogP contribution in [0.2, 0.25) is 0 Å². The number of carbonyl (C=O) groups is 1. The number of imidazole rings is 1. The summed E-state index contributed by atoms with van der Waals surface area (Å²) in [5.74, 6) is 0.695. The molecule has 4 nitrogen and oxygen atoms in total. The van der Waals surface area contributed by atoms with Crippen molar-refractivity contribution in [3.63, 3.8) is 0 Å². The van der Waals surface area contributed by atoms with Crippen LogP contribution in [0.15, 0.2) is 84.9 Å². The van der Waals surface area contributed by atoms with Crippen molar-refractivity contribution in [1.29, 1.82) is 0 Å². The molecule has 1 heterocycles. The van der Waals surface area contributed by atoms with E-state index in [0.717, 1.165) is 38.9 Å². The second-order valence-corrected chi connectivity index (χ2v) is 7.20. The number of hydrogen-bond acceptors (Lipinski definition) is 2. The number of aromatic nitrogens is 2. The summed E-state index contributed by atoms with van der Waals surface area (Å²) in [4.78, 5) is 20.6. The first-order valence-corrected chi connectivity index (χ1v) is 9.53. The van der Waals surface area contributed by atoms with E-state index in [4.69, 9.17) is 0 Å². The van der Waals surface area contributed by atoms with Gasteiger partial charge in [-0.1, -0.05) is 36.4 Å². The molecular formula is C25H19N3O. The summed E-state index contributed by atoms with van der Waals surface area (Å²) in [7, 11) is 0. The Morgan fingerprint density at radius 2 is 1.66 bits per heavy atom. The number of nitrogens with zero attached hydrogens (tertiary/aromatic N) is 1. The van der Waals surface area contributed by atoms with Crippen LogP contribution < -0.4 is 5.32 Å². The fourth-order valence-corrected chi connectivity index (χ4v) is 3.51. The molecular weight excluding hydrogens is 358 g/mol. The highest BCUT2D eigenvalue weighted by atomic mass is 16.1. The quantitative estimate of drug-likeness (QED) is 0.408. The van der Waals surface area contributed by atoms with Gasteiger partial charge in [0.2, 0.25) is 0 Å². The van der Waals surface area contributed by atoms with Gasteiger partial charge < -0.3 is 10.3 Å². The minimum atomic E-state index is -0.122. The lowest BCUT2D eigenvalue weighted by molar-refractivity contribution is 0.102. The molecule has 1 aromatic heterocycles. The van der Waals surface area contributed by atoms with Crippen molar-refractivity contribution in [1.82, 2.24) is 9.97 Å². The molecule has 4 aromatic carbocycles. The summed E-state index contributed by atoms with van der Waals surface area (Å²) in [5, 5.41) is 5.14. The molecule has 1 amide bonds. The van der Waals surface area contributed by atoms with Crippen LogP contribution in [0.4, 0.5) is 5.69 Å². The van der Waals surface area contributed by atoms with Crippen molar-refractivity contribution < 1.29 is 4.79 Å². The van der Waals surface area contributed by atoms with Crippen LogP contribution in [-0.4, -0.2) is 15.9 Å². The number of fused-ring (bicyclic) bond motifs is 2. The SMILES string of the molecule is Cc1ccc2nc(-c3ccc(NC(=O)c4ccc5ccccc5c4)cc3)[nH]c2c1. The third-order valence-corrected chi connectivity index (χ3v) is 5.07. The van der Waals surface area contributed by atoms with E-state index < -0.39 is 0 Å². The molecule has 5 rings (SSSR count). The fourth-order valence-electron chi connectivity index (χ4n) is 3.51. The van der Waals surface area contributed by atoms with Crippen LogP contribution in [0, 0.1) is 6.92 Å². The average molecular weight is 377 g/mol. The summed E-state index contributed by atoms with van der Waals surface area (Å²) in [6.45, 7) is 2.06. The van der Waals surface area contributed by atoms with E-state index in [1.54, 1.807) is 0 Å². The average Bonchev–Trinajstić information content (AvgIpc) is 3.17. The summed E-state index contributed by atoms with van der Waals surface area (Å²) in [6, 6.07) is 27.6. The number of anilines is 1. The summed E-state index contributed by atoms with van der Waals surface area (Å²) in [6.07, 6.45) is 0. The molecule has 0 spiro atoms. The maximum Gasteiger partial charge on any atom is 0.255 e. The molecule has 0 unspecified atom stereocenters. The van der Waals surface area contributed by atoms with Crippen LogP contribution in [0.1, 0.15) is 15.9 Å². The van der Waals surface area contributed by atoms with Gasteiger partial charge in [0.25, 0.3) is 5.91 Å². The Balaban J connectivity index is 1.37. The van der Waals surface area contributed by atoms with Gasteiger partial charge in [-0.3, -0.25) is 4.79 Å². The Morgan fingerprint density at radius 3 is 2.48 bits per heavy atom. The van der Waals surface area contributed by atoms with Gasteiger partial charge >= 0.3 is 0 Å². The molecule has 29 heavy (non-hydrogen) atoms. The monoisotopic (exact) mass is 377 g/mol. The van der Waals surface area contributed by atoms with Gasteiger partial charge in [0.15, 0.2) is 0 Å². The molecule has 0 bridgehead atoms. The highest BCUT2D eigenvalue weighted by Gasteiger charge is 2.09. The van der Waals surface area contributed by atoms with Crippen LogP contribution in [0.25, 0.3) is 33.2 Å². The third kappa shape index (κ3) is 3.36. The fraction of sp³-hybridized carbons (Fsp3) is 0.0400. The normalized spacial score (nSPS) is 11.1. The zero-order valence-electron chi connectivity index (χ0n) is 15.9. The molecule has 140 valence electrons. The van der Waals surface area contributed by atoms with Gasteiger partial charge in [-0.15, -0.1) is 0 Å². The van der Waals surface area contributed by atoms with Crippen molar-refractivity contribution in [2.24, 2.45) is 0 Å². The second kappa shape index (κ2) is 6.91. The minimum Gasteiger partial charge on any atom is -0.338 e. The molecule has 5 aromatic rings. The van der Waals surface area contributed by atoms with E-state index in [1.165, 1.54) is 5.56 Å². The molecule has 0 aliphatic carbocycles. The predicted molar refractivity (Wildman–Crippen MR) is 118 cm³/mol. The Morgan fingerprint density at radius 1 is 0.862 bits per heavy atom. The molecule has 0 saturated carbocycles. The number of carbonyl (C=O) groups excluding carboxylic acids is 1. The summed E-state index contributed by atoms with van der Waals surface area (Å²) in [5.41, 5.74) is 5.52. The van der Waals surface area contributed by atoms with Gasteiger partial charge in [0.1, 0.15) is 5.82 Å². The van der Waals surface area contributed by atoms with Gasteiger partial charge in [0, 0.05) is 16.8 Å². The van der Waals surface area contributed by atoms with Crippen LogP contribution in [0.3, 0.4) is 0 Å². The number of rotatable bonds is 3. The van der Waals surface area contributed by atoms with E-state index in [2.05, 4.69) is 34.3 Å². The first kappa shape index (κ1) is 17.2. The molecule has 0 radical (unpaired) electrons. The van der Waals surface area contributed by atoms with E-state index >= 15 is 0 Å². The highest BCUT2D eigenvalue weighted by molar-refractivity contribution is 6.06. The molecule has 4 heteroatoms. The third-order valence-electron chi connectivity index (χ3n) is 5.07. The molecule has 0 fully saturated rings. The molecule has 2 N–H and O–H groups in total. The second-order valence-electron chi connectivity index (χ2n) is 7.20. The first-order chi connectivity index (χ1) is 14.2. The van der Waals surface area contributed by atoms with Crippen molar-refractivity contribution >= 4 is 33.4 Å². The number of amides is 1. The topological polar surface area (TPSA) is 57.8 Å². The van der Waals surface area contributed by atoms with Crippen LogP contribution >= 0.6 is 0 Å². The Kier molecular flexibility index (Phi) is 4.10. The van der Waals surface area contributed by atoms with E-state index in [0.29, 0.717) is 5.56 Å². The predicted octanol–water partition coefficient (Wildman–Crippen LogP) is 5.94. The number of H-pyrrole nitrogens is 1. The van der Waals surface area contributed by atoms with Crippen molar-refractivity contribution in [3.8, 4) is 11.4 Å². The Bertz CT molecular complexity index is 1350. The lowest BCUT2D eigenvalue weighted by Gasteiger charge is -2.07. The number of nitrogens with one attached hydrogen (secondary N) is 2. The zero-order chi connectivity index (χ0) is 19.8. The zero-order valence-corrected chi connectivity index (χ0v) is 15.9. The Labute approximate surface area is 168 Å². The molecule has 0 atom stereocenters. The standard InChI is InChI=1S/C25H19N3O/c1-16-6-13-22-23(14-16)28-24(27-22)18-9-11-21(12-10-18)26-25(29)20-8-7-17-4-2-3-5-19(17)15-20/h2-15H,1H3,(H,26,29)(H,27,28). The largest absolute Gasteiger partial charge is 0.338 e.